The molecule has 7 heteroatoms. The molecular formula is C20H23N3O3S. The summed E-state index contributed by atoms with van der Waals surface area (Å²) in [6, 6.07) is 11.3. The molecule has 4 heterocycles. The van der Waals surface area contributed by atoms with Gasteiger partial charge >= 0.3 is 0 Å². The van der Waals surface area contributed by atoms with Gasteiger partial charge in [0, 0.05) is 36.0 Å². The maximum Gasteiger partial charge on any atom is 0.251 e. The van der Waals surface area contributed by atoms with E-state index in [4.69, 9.17) is 4.42 Å². The summed E-state index contributed by atoms with van der Waals surface area (Å²) in [5, 5.41) is 6.50. The summed E-state index contributed by atoms with van der Waals surface area (Å²) in [4.78, 5) is 27.0. The van der Waals surface area contributed by atoms with Crippen molar-refractivity contribution in [3.05, 3.63) is 42.0 Å². The third-order valence-electron chi connectivity index (χ3n) is 5.19. The van der Waals surface area contributed by atoms with E-state index in [-0.39, 0.29) is 17.9 Å². The molecule has 27 heavy (non-hydrogen) atoms. The van der Waals surface area contributed by atoms with Gasteiger partial charge in [0.2, 0.25) is 11.8 Å². The molecule has 3 saturated heterocycles. The Hall–Kier alpha value is -2.25. The Morgan fingerprint density at radius 2 is 1.85 bits per heavy atom. The zero-order chi connectivity index (χ0) is 18.8. The fourth-order valence-corrected chi connectivity index (χ4v) is 4.56. The number of nitrogens with one attached hydrogen (secondary N) is 2. The topological polar surface area (TPSA) is 74.6 Å². The van der Waals surface area contributed by atoms with Crippen LogP contribution in [0.15, 0.2) is 50.8 Å². The molecule has 1 aromatic carbocycles. The van der Waals surface area contributed by atoms with Gasteiger partial charge in [0.25, 0.3) is 5.91 Å². The van der Waals surface area contributed by atoms with Crippen LogP contribution < -0.4 is 10.6 Å². The molecule has 2 bridgehead atoms. The van der Waals surface area contributed by atoms with Crippen molar-refractivity contribution in [3.8, 4) is 0 Å². The molecule has 2 aromatic rings. The number of hydrogen-bond donors (Lipinski definition) is 2. The fraction of sp³-hybridized carbons (Fsp3) is 0.400. The second-order valence-electron chi connectivity index (χ2n) is 7.14. The van der Waals surface area contributed by atoms with Gasteiger partial charge in [-0.15, -0.1) is 0 Å². The van der Waals surface area contributed by atoms with Crippen LogP contribution in [0.25, 0.3) is 0 Å². The summed E-state index contributed by atoms with van der Waals surface area (Å²) in [7, 11) is 0. The summed E-state index contributed by atoms with van der Waals surface area (Å²) in [5.74, 6) is 0.875. The van der Waals surface area contributed by atoms with Crippen LogP contribution in [0.2, 0.25) is 0 Å². The van der Waals surface area contributed by atoms with E-state index < -0.39 is 0 Å². The van der Waals surface area contributed by atoms with E-state index in [2.05, 4.69) is 15.5 Å². The highest BCUT2D eigenvalue weighted by molar-refractivity contribution is 7.99. The van der Waals surface area contributed by atoms with Crippen LogP contribution in [0.3, 0.4) is 0 Å². The zero-order valence-corrected chi connectivity index (χ0v) is 16.1. The third-order valence-corrected chi connectivity index (χ3v) is 6.12. The third kappa shape index (κ3) is 4.36. The first-order valence-corrected chi connectivity index (χ1v) is 10.1. The number of amides is 2. The molecule has 2 amide bonds. The van der Waals surface area contributed by atoms with Gasteiger partial charge in [-0.25, -0.2) is 0 Å². The maximum absolute atomic E-state index is 12.6. The van der Waals surface area contributed by atoms with Crippen LogP contribution in [0.1, 0.15) is 30.1 Å². The van der Waals surface area contributed by atoms with Crippen LogP contribution in [-0.4, -0.2) is 42.4 Å². The van der Waals surface area contributed by atoms with Crippen molar-refractivity contribution >= 4 is 29.5 Å². The lowest BCUT2D eigenvalue weighted by Gasteiger charge is -2.44. The minimum atomic E-state index is -0.167. The van der Waals surface area contributed by atoms with E-state index in [1.54, 1.807) is 6.07 Å². The van der Waals surface area contributed by atoms with Crippen LogP contribution >= 0.6 is 11.8 Å². The number of hydrogen-bond acceptors (Lipinski definition) is 5. The number of nitrogens with zero attached hydrogens (tertiary/aromatic N) is 1. The Morgan fingerprint density at radius 3 is 2.48 bits per heavy atom. The first-order chi connectivity index (χ1) is 13.1. The normalized spacial score (nSPS) is 23.8. The molecule has 5 rings (SSSR count). The molecule has 0 aliphatic carbocycles. The highest BCUT2D eigenvalue weighted by atomic mass is 32.2. The van der Waals surface area contributed by atoms with Gasteiger partial charge in [-0.05, 0) is 62.2 Å². The number of fused-ring (bicyclic) bond motifs is 3. The van der Waals surface area contributed by atoms with E-state index in [1.165, 1.54) is 44.6 Å². The lowest BCUT2D eigenvalue weighted by atomic mass is 9.84. The van der Waals surface area contributed by atoms with Gasteiger partial charge in [0.15, 0.2) is 5.09 Å². The second-order valence-corrected chi connectivity index (χ2v) is 8.22. The van der Waals surface area contributed by atoms with Gasteiger partial charge < -0.3 is 14.6 Å². The Labute approximate surface area is 162 Å². The average molecular weight is 385 g/mol. The molecule has 3 aliphatic rings. The van der Waals surface area contributed by atoms with Crippen molar-refractivity contribution in [2.45, 2.75) is 35.8 Å². The van der Waals surface area contributed by atoms with E-state index in [1.807, 2.05) is 30.3 Å². The molecule has 1 atom stereocenters. The van der Waals surface area contributed by atoms with Crippen molar-refractivity contribution in [3.63, 3.8) is 0 Å². The largest absolute Gasteiger partial charge is 0.434 e. The minimum Gasteiger partial charge on any atom is -0.434 e. The van der Waals surface area contributed by atoms with Gasteiger partial charge in [-0.2, -0.15) is 0 Å². The molecule has 0 unspecified atom stereocenters. The summed E-state index contributed by atoms with van der Waals surface area (Å²) in [6.45, 7) is 4.74. The number of benzene rings is 1. The van der Waals surface area contributed by atoms with Crippen molar-refractivity contribution in [2.75, 3.05) is 25.0 Å². The van der Waals surface area contributed by atoms with Crippen molar-refractivity contribution in [1.82, 2.24) is 10.2 Å². The minimum absolute atomic E-state index is 0.00348. The molecular weight excluding hydrogens is 362 g/mol. The number of carbonyl (C=O) groups is 2. The van der Waals surface area contributed by atoms with Crippen LogP contribution in [-0.2, 0) is 4.79 Å². The SMILES string of the molecule is CC(=O)Nc1ccc(Sc2ccc(C(=O)N[C@H]3CN4CCC3CC4)cc2)o1. The van der Waals surface area contributed by atoms with Gasteiger partial charge in [-0.1, -0.05) is 11.8 Å². The number of carbonyl (C=O) groups excluding carboxylic acids is 2. The Balaban J connectivity index is 1.35. The molecule has 142 valence electrons. The predicted octanol–water partition coefficient (Wildman–Crippen LogP) is 3.21. The van der Waals surface area contributed by atoms with Gasteiger partial charge in [-0.3, -0.25) is 14.9 Å². The Bertz CT molecular complexity index is 825. The zero-order valence-electron chi connectivity index (χ0n) is 15.2. The summed E-state index contributed by atoms with van der Waals surface area (Å²) in [6.07, 6.45) is 2.37. The number of furan rings is 1. The first kappa shape index (κ1) is 18.1. The lowest BCUT2D eigenvalue weighted by Crippen LogP contribution is -2.57. The molecule has 6 nitrogen and oxygen atoms in total. The van der Waals surface area contributed by atoms with Gasteiger partial charge in [0.05, 0.1) is 0 Å². The number of piperidine rings is 3. The maximum atomic E-state index is 12.6. The standard InChI is InChI=1S/C20H23N3O3S/c1-13(24)21-18-6-7-19(26-18)27-16-4-2-15(3-5-16)20(25)22-17-12-23-10-8-14(17)9-11-23/h2-7,14,17H,8-12H2,1H3,(H,21,24)(H,22,25)/t17-/m0/s1. The quantitative estimate of drug-likeness (QED) is 0.827. The van der Waals surface area contributed by atoms with E-state index in [0.29, 0.717) is 22.5 Å². The predicted molar refractivity (Wildman–Crippen MR) is 104 cm³/mol. The van der Waals surface area contributed by atoms with Crippen molar-refractivity contribution < 1.29 is 14.0 Å². The van der Waals surface area contributed by atoms with Crippen LogP contribution in [0.4, 0.5) is 5.88 Å². The fourth-order valence-electron chi connectivity index (χ4n) is 3.79. The summed E-state index contributed by atoms with van der Waals surface area (Å²) >= 11 is 1.45. The number of anilines is 1. The highest BCUT2D eigenvalue weighted by Gasteiger charge is 2.34. The molecule has 0 spiro atoms. The number of rotatable bonds is 5. The smallest absolute Gasteiger partial charge is 0.251 e. The van der Waals surface area contributed by atoms with Crippen LogP contribution in [0, 0.1) is 5.92 Å². The monoisotopic (exact) mass is 385 g/mol. The van der Waals surface area contributed by atoms with Crippen LogP contribution in [0.5, 0.6) is 0 Å². The molecule has 1 aromatic heterocycles. The average Bonchev–Trinajstić information content (AvgIpc) is 3.09. The molecule has 0 radical (unpaired) electrons. The first-order valence-electron chi connectivity index (χ1n) is 9.25. The Morgan fingerprint density at radius 1 is 1.11 bits per heavy atom. The van der Waals surface area contributed by atoms with Crippen molar-refractivity contribution in [2.24, 2.45) is 5.92 Å². The van der Waals surface area contributed by atoms with E-state index >= 15 is 0 Å². The van der Waals surface area contributed by atoms with Gasteiger partial charge in [0.1, 0.15) is 0 Å². The molecule has 3 fully saturated rings. The van der Waals surface area contributed by atoms with Crippen molar-refractivity contribution in [1.29, 1.82) is 0 Å². The van der Waals surface area contributed by atoms with E-state index in [0.717, 1.165) is 11.4 Å². The van der Waals surface area contributed by atoms with E-state index in [9.17, 15) is 9.59 Å². The summed E-state index contributed by atoms with van der Waals surface area (Å²) < 4.78 is 5.55. The highest BCUT2D eigenvalue weighted by Crippen LogP contribution is 2.31. The summed E-state index contributed by atoms with van der Waals surface area (Å²) in [5.41, 5.74) is 0.675. The molecule has 3 aliphatic heterocycles. The molecule has 0 saturated carbocycles. The second kappa shape index (κ2) is 7.78. The molecule has 2 N–H and O–H groups in total. The Kier molecular flexibility index (Phi) is 5.22. The lowest BCUT2D eigenvalue weighted by molar-refractivity contribution is -0.114.